The van der Waals surface area contributed by atoms with Gasteiger partial charge in [-0.1, -0.05) is 48.6 Å². The van der Waals surface area contributed by atoms with Gasteiger partial charge in [-0.05, 0) is 18.4 Å². The largest absolute Gasteiger partial charge is 0.336 e. The van der Waals surface area contributed by atoms with Crippen molar-refractivity contribution in [1.82, 2.24) is 4.90 Å². The third-order valence-electron chi connectivity index (χ3n) is 3.25. The molecule has 2 rings (SSSR count). The van der Waals surface area contributed by atoms with Crippen LogP contribution < -0.4 is 0 Å². The van der Waals surface area contributed by atoms with Crippen molar-refractivity contribution < 1.29 is 4.79 Å². The average Bonchev–Trinajstić information content (AvgIpc) is 2.86. The van der Waals surface area contributed by atoms with Gasteiger partial charge < -0.3 is 4.90 Å². The molecule has 1 aromatic rings. The number of hydrogen-bond donors (Lipinski definition) is 0. The first kappa shape index (κ1) is 12.6. The molecular weight excluding hydrogens is 222 g/mol. The minimum absolute atomic E-state index is 0.185. The summed E-state index contributed by atoms with van der Waals surface area (Å²) in [5, 5.41) is 0. The molecule has 2 heteroatoms. The SMILES string of the molecule is C=CCC(=O)N1CCC[C@H]1/C=C/c1ccccc1. The molecule has 0 radical (unpaired) electrons. The zero-order valence-corrected chi connectivity index (χ0v) is 10.6. The highest BCUT2D eigenvalue weighted by molar-refractivity contribution is 5.78. The van der Waals surface area contributed by atoms with Crippen LogP contribution in [0.15, 0.2) is 49.1 Å². The Morgan fingerprint density at radius 1 is 1.39 bits per heavy atom. The number of likely N-dealkylation sites (tertiary alicyclic amines) is 1. The standard InChI is InChI=1S/C16H19NO/c1-2-7-16(18)17-13-6-10-15(17)12-11-14-8-4-3-5-9-14/h2-5,8-9,11-12,15H,1,6-7,10,13H2/b12-11+/t15-/m0/s1. The molecule has 1 aliphatic rings. The Morgan fingerprint density at radius 3 is 2.89 bits per heavy atom. The minimum atomic E-state index is 0.185. The van der Waals surface area contributed by atoms with Crippen LogP contribution in [0.4, 0.5) is 0 Å². The normalized spacial score (nSPS) is 19.3. The molecule has 0 aliphatic carbocycles. The second kappa shape index (κ2) is 6.20. The zero-order chi connectivity index (χ0) is 12.8. The Morgan fingerprint density at radius 2 is 2.17 bits per heavy atom. The van der Waals surface area contributed by atoms with Crippen LogP contribution in [0.1, 0.15) is 24.8 Å². The van der Waals surface area contributed by atoms with Gasteiger partial charge in [-0.3, -0.25) is 4.79 Å². The monoisotopic (exact) mass is 241 g/mol. The Hall–Kier alpha value is -1.83. The van der Waals surface area contributed by atoms with E-state index in [1.807, 2.05) is 23.1 Å². The van der Waals surface area contributed by atoms with Gasteiger partial charge in [0, 0.05) is 13.0 Å². The fraction of sp³-hybridized carbons (Fsp3) is 0.312. The van der Waals surface area contributed by atoms with E-state index in [0.29, 0.717) is 6.42 Å². The van der Waals surface area contributed by atoms with Gasteiger partial charge in [0.05, 0.1) is 6.04 Å². The van der Waals surface area contributed by atoms with Gasteiger partial charge in [-0.2, -0.15) is 0 Å². The molecule has 0 bridgehead atoms. The van der Waals surface area contributed by atoms with E-state index in [4.69, 9.17) is 0 Å². The predicted molar refractivity (Wildman–Crippen MR) is 75.0 cm³/mol. The lowest BCUT2D eigenvalue weighted by atomic mass is 10.1. The van der Waals surface area contributed by atoms with Crippen molar-refractivity contribution in [3.8, 4) is 0 Å². The summed E-state index contributed by atoms with van der Waals surface area (Å²) in [5.41, 5.74) is 1.18. The van der Waals surface area contributed by atoms with Crippen LogP contribution >= 0.6 is 0 Å². The predicted octanol–water partition coefficient (Wildman–Crippen LogP) is 3.27. The Bertz CT molecular complexity index is 436. The molecule has 0 spiro atoms. The van der Waals surface area contributed by atoms with Crippen molar-refractivity contribution in [2.24, 2.45) is 0 Å². The zero-order valence-electron chi connectivity index (χ0n) is 10.6. The van der Waals surface area contributed by atoms with E-state index in [9.17, 15) is 4.79 Å². The van der Waals surface area contributed by atoms with E-state index in [0.717, 1.165) is 19.4 Å². The summed E-state index contributed by atoms with van der Waals surface area (Å²) in [6, 6.07) is 10.4. The van der Waals surface area contributed by atoms with Crippen LogP contribution in [-0.2, 0) is 4.79 Å². The first-order valence-corrected chi connectivity index (χ1v) is 6.45. The third-order valence-corrected chi connectivity index (χ3v) is 3.25. The number of amides is 1. The van der Waals surface area contributed by atoms with Gasteiger partial charge in [0.1, 0.15) is 0 Å². The molecule has 0 N–H and O–H groups in total. The molecule has 1 aliphatic heterocycles. The van der Waals surface area contributed by atoms with E-state index in [1.54, 1.807) is 6.08 Å². The van der Waals surface area contributed by atoms with E-state index < -0.39 is 0 Å². The number of rotatable bonds is 4. The summed E-state index contributed by atoms with van der Waals surface area (Å²) >= 11 is 0. The van der Waals surface area contributed by atoms with Crippen molar-refractivity contribution in [3.05, 3.63) is 54.6 Å². The molecule has 0 saturated carbocycles. The number of benzene rings is 1. The van der Waals surface area contributed by atoms with Crippen molar-refractivity contribution in [2.45, 2.75) is 25.3 Å². The number of carbonyl (C=O) groups is 1. The highest BCUT2D eigenvalue weighted by Crippen LogP contribution is 2.20. The topological polar surface area (TPSA) is 20.3 Å². The van der Waals surface area contributed by atoms with Gasteiger partial charge >= 0.3 is 0 Å². The molecule has 1 heterocycles. The summed E-state index contributed by atoms with van der Waals surface area (Å²) in [6.07, 6.45) is 8.51. The van der Waals surface area contributed by atoms with Crippen molar-refractivity contribution >= 4 is 12.0 Å². The molecule has 1 saturated heterocycles. The first-order valence-electron chi connectivity index (χ1n) is 6.45. The fourth-order valence-corrected chi connectivity index (χ4v) is 2.33. The summed E-state index contributed by atoms with van der Waals surface area (Å²) in [5.74, 6) is 0.185. The summed E-state index contributed by atoms with van der Waals surface area (Å²) in [6.45, 7) is 4.50. The second-order valence-electron chi connectivity index (χ2n) is 4.56. The van der Waals surface area contributed by atoms with E-state index in [1.165, 1.54) is 5.56 Å². The molecule has 2 nitrogen and oxygen atoms in total. The lowest BCUT2D eigenvalue weighted by Gasteiger charge is -2.21. The van der Waals surface area contributed by atoms with Crippen LogP contribution in [0.2, 0.25) is 0 Å². The van der Waals surface area contributed by atoms with E-state index in [-0.39, 0.29) is 11.9 Å². The van der Waals surface area contributed by atoms with Gasteiger partial charge in [0.15, 0.2) is 0 Å². The van der Waals surface area contributed by atoms with Crippen molar-refractivity contribution in [2.75, 3.05) is 6.54 Å². The number of nitrogens with zero attached hydrogens (tertiary/aromatic N) is 1. The maximum atomic E-state index is 11.9. The van der Waals surface area contributed by atoms with Crippen LogP contribution in [0.5, 0.6) is 0 Å². The van der Waals surface area contributed by atoms with Crippen molar-refractivity contribution in [3.63, 3.8) is 0 Å². The molecule has 94 valence electrons. The van der Waals surface area contributed by atoms with Crippen LogP contribution in [0.3, 0.4) is 0 Å². The maximum absolute atomic E-state index is 11.9. The third kappa shape index (κ3) is 3.10. The molecule has 1 fully saturated rings. The molecule has 18 heavy (non-hydrogen) atoms. The molecule has 0 aromatic heterocycles. The molecule has 1 atom stereocenters. The quantitative estimate of drug-likeness (QED) is 0.741. The minimum Gasteiger partial charge on any atom is -0.336 e. The summed E-state index contributed by atoms with van der Waals surface area (Å²) in [4.78, 5) is 13.8. The van der Waals surface area contributed by atoms with Gasteiger partial charge in [-0.25, -0.2) is 0 Å². The lowest BCUT2D eigenvalue weighted by Crippen LogP contribution is -2.33. The smallest absolute Gasteiger partial charge is 0.226 e. The first-order chi connectivity index (χ1) is 8.81. The second-order valence-corrected chi connectivity index (χ2v) is 4.56. The summed E-state index contributed by atoms with van der Waals surface area (Å²) < 4.78 is 0. The molecule has 0 unspecified atom stereocenters. The van der Waals surface area contributed by atoms with Gasteiger partial charge in [-0.15, -0.1) is 6.58 Å². The Labute approximate surface area is 109 Å². The lowest BCUT2D eigenvalue weighted by molar-refractivity contribution is -0.130. The Balaban J connectivity index is 2.02. The van der Waals surface area contributed by atoms with E-state index in [2.05, 4.69) is 30.9 Å². The van der Waals surface area contributed by atoms with Crippen molar-refractivity contribution in [1.29, 1.82) is 0 Å². The summed E-state index contributed by atoms with van der Waals surface area (Å²) in [7, 11) is 0. The van der Waals surface area contributed by atoms with Gasteiger partial charge in [0.2, 0.25) is 5.91 Å². The molecule has 1 aromatic carbocycles. The maximum Gasteiger partial charge on any atom is 0.226 e. The van der Waals surface area contributed by atoms with Crippen LogP contribution in [0, 0.1) is 0 Å². The fourth-order valence-electron chi connectivity index (χ4n) is 2.33. The Kier molecular flexibility index (Phi) is 4.35. The van der Waals surface area contributed by atoms with Gasteiger partial charge in [0.25, 0.3) is 0 Å². The average molecular weight is 241 g/mol. The van der Waals surface area contributed by atoms with E-state index >= 15 is 0 Å². The van der Waals surface area contributed by atoms with Crippen LogP contribution in [0.25, 0.3) is 6.08 Å². The number of hydrogen-bond acceptors (Lipinski definition) is 1. The highest BCUT2D eigenvalue weighted by Gasteiger charge is 2.25. The molecular formula is C16H19NO. The number of carbonyl (C=O) groups excluding carboxylic acids is 1. The molecule has 1 amide bonds. The van der Waals surface area contributed by atoms with Crippen LogP contribution in [-0.4, -0.2) is 23.4 Å². The highest BCUT2D eigenvalue weighted by atomic mass is 16.2.